The number of aromatic nitrogens is 2. The molecule has 0 saturated carbocycles. The van der Waals surface area contributed by atoms with Gasteiger partial charge in [-0.1, -0.05) is 12.1 Å². The fourth-order valence-electron chi connectivity index (χ4n) is 2.80. The SMILES string of the molecule is CCn1c(NC(=O)COc2ccc(C(C)=O)cc2OC)nc2ccccc21. The molecular formula is C20H21N3O4. The number of carbonyl (C=O) groups is 2. The fourth-order valence-corrected chi connectivity index (χ4v) is 2.80. The number of ketones is 1. The number of fused-ring (bicyclic) bond motifs is 1. The molecule has 1 amide bonds. The molecule has 140 valence electrons. The van der Waals surface area contributed by atoms with E-state index in [0.29, 0.717) is 29.6 Å². The summed E-state index contributed by atoms with van der Waals surface area (Å²) >= 11 is 0. The van der Waals surface area contributed by atoms with Gasteiger partial charge in [-0.2, -0.15) is 0 Å². The van der Waals surface area contributed by atoms with Gasteiger partial charge in [0.2, 0.25) is 5.95 Å². The average Bonchev–Trinajstić information content (AvgIpc) is 3.02. The number of hydrogen-bond donors (Lipinski definition) is 1. The van der Waals surface area contributed by atoms with Crippen LogP contribution in [0, 0.1) is 0 Å². The third-order valence-electron chi connectivity index (χ3n) is 4.15. The molecule has 1 N–H and O–H groups in total. The molecule has 3 aromatic rings. The van der Waals surface area contributed by atoms with Crippen molar-refractivity contribution in [3.8, 4) is 11.5 Å². The molecule has 0 spiro atoms. The van der Waals surface area contributed by atoms with Crippen molar-refractivity contribution >= 4 is 28.7 Å². The van der Waals surface area contributed by atoms with Crippen molar-refractivity contribution in [3.05, 3.63) is 48.0 Å². The van der Waals surface area contributed by atoms with Gasteiger partial charge in [0.05, 0.1) is 18.1 Å². The third kappa shape index (κ3) is 3.92. The summed E-state index contributed by atoms with van der Waals surface area (Å²) in [7, 11) is 1.48. The van der Waals surface area contributed by atoms with Gasteiger partial charge >= 0.3 is 0 Å². The number of aryl methyl sites for hydroxylation is 1. The molecule has 0 saturated heterocycles. The van der Waals surface area contributed by atoms with E-state index in [9.17, 15) is 9.59 Å². The lowest BCUT2D eigenvalue weighted by atomic mass is 10.1. The molecule has 7 nitrogen and oxygen atoms in total. The highest BCUT2D eigenvalue weighted by molar-refractivity contribution is 5.95. The second kappa shape index (κ2) is 7.90. The van der Waals surface area contributed by atoms with E-state index >= 15 is 0 Å². The standard InChI is InChI=1S/C20H21N3O4/c1-4-23-16-8-6-5-7-15(16)21-20(23)22-19(25)12-27-17-10-9-14(13(2)24)11-18(17)26-3/h5-11H,4,12H2,1-3H3,(H,21,22,25). The summed E-state index contributed by atoms with van der Waals surface area (Å²) in [4.78, 5) is 28.2. The van der Waals surface area contributed by atoms with E-state index < -0.39 is 0 Å². The van der Waals surface area contributed by atoms with Crippen LogP contribution in [0.4, 0.5) is 5.95 Å². The fraction of sp³-hybridized carbons (Fsp3) is 0.250. The second-order valence-electron chi connectivity index (χ2n) is 5.93. The van der Waals surface area contributed by atoms with E-state index in [0.717, 1.165) is 11.0 Å². The lowest BCUT2D eigenvalue weighted by Crippen LogP contribution is -2.22. The Morgan fingerprint density at radius 2 is 1.93 bits per heavy atom. The Morgan fingerprint density at radius 1 is 1.15 bits per heavy atom. The summed E-state index contributed by atoms with van der Waals surface area (Å²) in [5.41, 5.74) is 2.29. The van der Waals surface area contributed by atoms with Crippen molar-refractivity contribution in [2.45, 2.75) is 20.4 Å². The number of methoxy groups -OCH3 is 1. The smallest absolute Gasteiger partial charge is 0.264 e. The number of benzene rings is 2. The summed E-state index contributed by atoms with van der Waals surface area (Å²) < 4.78 is 12.7. The minimum absolute atomic E-state index is 0.0731. The lowest BCUT2D eigenvalue weighted by molar-refractivity contribution is -0.118. The van der Waals surface area contributed by atoms with Crippen LogP contribution in [-0.2, 0) is 11.3 Å². The summed E-state index contributed by atoms with van der Waals surface area (Å²) in [6, 6.07) is 12.5. The zero-order chi connectivity index (χ0) is 19.4. The molecule has 0 aliphatic heterocycles. The van der Waals surface area contributed by atoms with Crippen molar-refractivity contribution in [2.24, 2.45) is 0 Å². The maximum atomic E-state index is 12.3. The van der Waals surface area contributed by atoms with Gasteiger partial charge in [0, 0.05) is 12.1 Å². The highest BCUT2D eigenvalue weighted by Crippen LogP contribution is 2.28. The molecule has 0 atom stereocenters. The molecule has 0 fully saturated rings. The van der Waals surface area contributed by atoms with Gasteiger partial charge in [0.25, 0.3) is 5.91 Å². The van der Waals surface area contributed by atoms with E-state index in [1.54, 1.807) is 18.2 Å². The van der Waals surface area contributed by atoms with Gasteiger partial charge in [-0.3, -0.25) is 14.9 Å². The first kappa shape index (κ1) is 18.4. The number of imidazole rings is 1. The van der Waals surface area contributed by atoms with Gasteiger partial charge in [-0.25, -0.2) is 4.98 Å². The summed E-state index contributed by atoms with van der Waals surface area (Å²) in [6.45, 7) is 3.93. The molecule has 1 heterocycles. The van der Waals surface area contributed by atoms with Crippen LogP contribution in [0.15, 0.2) is 42.5 Å². The number of nitrogens with one attached hydrogen (secondary N) is 1. The first-order valence-electron chi connectivity index (χ1n) is 8.60. The van der Waals surface area contributed by atoms with Crippen LogP contribution in [0.5, 0.6) is 11.5 Å². The van der Waals surface area contributed by atoms with Crippen LogP contribution < -0.4 is 14.8 Å². The van der Waals surface area contributed by atoms with Crippen LogP contribution in [0.3, 0.4) is 0 Å². The van der Waals surface area contributed by atoms with Crippen LogP contribution in [0.25, 0.3) is 11.0 Å². The van der Waals surface area contributed by atoms with E-state index in [4.69, 9.17) is 9.47 Å². The quantitative estimate of drug-likeness (QED) is 0.648. The van der Waals surface area contributed by atoms with Gasteiger partial charge in [-0.15, -0.1) is 0 Å². The zero-order valence-electron chi connectivity index (χ0n) is 15.5. The van der Waals surface area contributed by atoms with Gasteiger partial charge in [0.15, 0.2) is 23.9 Å². The summed E-state index contributed by atoms with van der Waals surface area (Å²) in [6.07, 6.45) is 0. The normalized spacial score (nSPS) is 10.6. The molecule has 2 aromatic carbocycles. The number of carbonyl (C=O) groups excluding carboxylic acids is 2. The Kier molecular flexibility index (Phi) is 5.40. The van der Waals surface area contributed by atoms with Gasteiger partial charge in [-0.05, 0) is 44.2 Å². The maximum absolute atomic E-state index is 12.3. The molecule has 0 unspecified atom stereocenters. The summed E-state index contributed by atoms with van der Waals surface area (Å²) in [5.74, 6) is 0.859. The zero-order valence-corrected chi connectivity index (χ0v) is 15.5. The molecule has 0 radical (unpaired) electrons. The van der Waals surface area contributed by atoms with Crippen LogP contribution in [0.1, 0.15) is 24.2 Å². The molecular weight excluding hydrogens is 346 g/mol. The molecule has 7 heteroatoms. The number of hydrogen-bond acceptors (Lipinski definition) is 5. The Bertz CT molecular complexity index is 994. The predicted octanol–water partition coefficient (Wildman–Crippen LogP) is 3.28. The lowest BCUT2D eigenvalue weighted by Gasteiger charge is -2.12. The first-order chi connectivity index (χ1) is 13.0. The Balaban J connectivity index is 1.71. The van der Waals surface area contributed by atoms with Crippen molar-refractivity contribution < 1.29 is 19.1 Å². The second-order valence-corrected chi connectivity index (χ2v) is 5.93. The van der Waals surface area contributed by atoms with Crippen LogP contribution >= 0.6 is 0 Å². The van der Waals surface area contributed by atoms with E-state index in [2.05, 4.69) is 10.3 Å². The molecule has 0 bridgehead atoms. The predicted molar refractivity (Wildman–Crippen MR) is 103 cm³/mol. The molecule has 27 heavy (non-hydrogen) atoms. The van der Waals surface area contributed by atoms with E-state index in [-0.39, 0.29) is 18.3 Å². The Morgan fingerprint density at radius 3 is 2.63 bits per heavy atom. The Hall–Kier alpha value is -3.35. The highest BCUT2D eigenvalue weighted by atomic mass is 16.5. The van der Waals surface area contributed by atoms with Crippen molar-refractivity contribution in [3.63, 3.8) is 0 Å². The average molecular weight is 367 g/mol. The number of rotatable bonds is 7. The number of anilines is 1. The molecule has 3 rings (SSSR count). The molecule has 0 aliphatic carbocycles. The van der Waals surface area contributed by atoms with Crippen LogP contribution in [-0.4, -0.2) is 35.0 Å². The monoisotopic (exact) mass is 367 g/mol. The minimum atomic E-state index is -0.335. The first-order valence-corrected chi connectivity index (χ1v) is 8.60. The number of amides is 1. The Labute approximate surface area is 156 Å². The van der Waals surface area contributed by atoms with Crippen molar-refractivity contribution in [2.75, 3.05) is 19.0 Å². The van der Waals surface area contributed by atoms with Gasteiger partial charge < -0.3 is 14.0 Å². The van der Waals surface area contributed by atoms with Crippen molar-refractivity contribution in [1.82, 2.24) is 9.55 Å². The number of nitrogens with zero attached hydrogens (tertiary/aromatic N) is 2. The van der Waals surface area contributed by atoms with Gasteiger partial charge in [0.1, 0.15) is 0 Å². The number of ether oxygens (including phenoxy) is 2. The highest BCUT2D eigenvalue weighted by Gasteiger charge is 2.14. The van der Waals surface area contributed by atoms with Crippen molar-refractivity contribution in [1.29, 1.82) is 0 Å². The number of Topliss-reactive ketones (excluding diaryl/α,β-unsaturated/α-hetero) is 1. The maximum Gasteiger partial charge on any atom is 0.264 e. The topological polar surface area (TPSA) is 82.5 Å². The molecule has 0 aliphatic rings. The number of para-hydroxylation sites is 2. The molecule has 1 aromatic heterocycles. The summed E-state index contributed by atoms with van der Waals surface area (Å²) in [5, 5.41) is 2.78. The van der Waals surface area contributed by atoms with E-state index in [1.807, 2.05) is 35.8 Å². The third-order valence-corrected chi connectivity index (χ3v) is 4.15. The minimum Gasteiger partial charge on any atom is -0.493 e. The van der Waals surface area contributed by atoms with Crippen LogP contribution in [0.2, 0.25) is 0 Å². The van der Waals surface area contributed by atoms with E-state index in [1.165, 1.54) is 14.0 Å². The largest absolute Gasteiger partial charge is 0.493 e.